The summed E-state index contributed by atoms with van der Waals surface area (Å²) >= 11 is 0. The van der Waals surface area contributed by atoms with Gasteiger partial charge in [0.05, 0.1) is 12.3 Å². The van der Waals surface area contributed by atoms with Crippen LogP contribution in [0, 0.1) is 11.6 Å². The molecule has 272 valence electrons. The Morgan fingerprint density at radius 2 is 1.78 bits per heavy atom. The molecule has 3 heterocycles. The first-order valence-corrected chi connectivity index (χ1v) is 16.8. The summed E-state index contributed by atoms with van der Waals surface area (Å²) in [4.78, 5) is 66.9. The molecule has 1 saturated heterocycles. The van der Waals surface area contributed by atoms with E-state index in [0.717, 1.165) is 11.8 Å². The van der Waals surface area contributed by atoms with Crippen LogP contribution >= 0.6 is 0 Å². The van der Waals surface area contributed by atoms with Crippen molar-refractivity contribution in [1.82, 2.24) is 34.4 Å². The van der Waals surface area contributed by atoms with Crippen molar-refractivity contribution in [3.8, 4) is 0 Å². The Morgan fingerprint density at radius 3 is 2.44 bits per heavy atom. The number of nitrogens with zero attached hydrogens (tertiary/aromatic N) is 6. The number of carbonyl (C=O) groups excluding carboxylic acids is 4. The topological polar surface area (TPSA) is 139 Å². The minimum absolute atomic E-state index is 0.0521. The predicted octanol–water partition coefficient (Wildman–Crippen LogP) is 3.85. The molecule has 0 bridgehead atoms. The first kappa shape index (κ1) is 38.1. The van der Waals surface area contributed by atoms with Gasteiger partial charge in [-0.1, -0.05) is 12.1 Å². The van der Waals surface area contributed by atoms with Gasteiger partial charge in [-0.25, -0.2) is 23.5 Å². The van der Waals surface area contributed by atoms with Crippen LogP contribution in [0.2, 0.25) is 0 Å². The van der Waals surface area contributed by atoms with Crippen LogP contribution in [0.5, 0.6) is 0 Å². The summed E-state index contributed by atoms with van der Waals surface area (Å²) < 4.78 is 39.9. The van der Waals surface area contributed by atoms with Crippen LogP contribution in [0.3, 0.4) is 0 Å². The minimum Gasteiger partial charge on any atom is -0.444 e. The zero-order chi connectivity index (χ0) is 36.7. The lowest BCUT2D eigenvalue weighted by Gasteiger charge is -2.35. The molecule has 0 aliphatic carbocycles. The average Bonchev–Trinajstić information content (AvgIpc) is 3.71. The molecule has 0 saturated carbocycles. The summed E-state index contributed by atoms with van der Waals surface area (Å²) in [6, 6.07) is 3.52. The fourth-order valence-electron chi connectivity index (χ4n) is 5.75. The highest BCUT2D eigenvalue weighted by Gasteiger charge is 2.39. The number of aromatic nitrogens is 3. The number of benzene rings is 1. The zero-order valence-electron chi connectivity index (χ0n) is 29.7. The SMILES string of the molecule is CCO[C@H](C)[C@H](NC(=O)[C@H](C)N(C)C(=O)OC(C)(C)C)C(=O)N1CCC[C@H]1CN(CCc1ccc(F)cc1)C(=O)c1cn2cc(F)cnc2n1. The Morgan fingerprint density at radius 1 is 1.08 bits per heavy atom. The Labute approximate surface area is 290 Å². The molecule has 3 aromatic rings. The van der Waals surface area contributed by atoms with Gasteiger partial charge in [0.1, 0.15) is 29.2 Å². The molecule has 13 nitrogen and oxygen atoms in total. The number of likely N-dealkylation sites (tertiary alicyclic amines) is 1. The van der Waals surface area contributed by atoms with Crippen molar-refractivity contribution in [3.05, 3.63) is 65.7 Å². The number of carbonyl (C=O) groups is 4. The van der Waals surface area contributed by atoms with Crippen LogP contribution in [-0.4, -0.2) is 116 Å². The molecule has 1 N–H and O–H groups in total. The van der Waals surface area contributed by atoms with Gasteiger partial charge in [0, 0.05) is 51.7 Å². The molecule has 4 atom stereocenters. The number of fused-ring (bicyclic) bond motifs is 1. The summed E-state index contributed by atoms with van der Waals surface area (Å²) in [5, 5.41) is 2.80. The number of amides is 4. The highest BCUT2D eigenvalue weighted by atomic mass is 19.1. The third-order valence-corrected chi connectivity index (χ3v) is 8.56. The smallest absolute Gasteiger partial charge is 0.410 e. The second-order valence-corrected chi connectivity index (χ2v) is 13.5. The maximum atomic E-state index is 14.2. The van der Waals surface area contributed by atoms with E-state index in [9.17, 15) is 28.0 Å². The number of ether oxygens (including phenoxy) is 2. The van der Waals surface area contributed by atoms with Crippen molar-refractivity contribution in [2.75, 3.05) is 33.3 Å². The molecule has 1 aliphatic rings. The quantitative estimate of drug-likeness (QED) is 0.284. The van der Waals surface area contributed by atoms with Crippen LogP contribution in [0.25, 0.3) is 5.78 Å². The van der Waals surface area contributed by atoms with Gasteiger partial charge < -0.3 is 24.6 Å². The molecule has 50 heavy (non-hydrogen) atoms. The maximum Gasteiger partial charge on any atom is 0.410 e. The molecular formula is C35H47F2N7O6. The number of nitrogens with one attached hydrogen (secondary N) is 1. The standard InChI is InChI=1S/C35H47F2N7O6/c1-8-49-23(3)29(40-30(45)22(2)41(7)34(48)50-35(4,5)6)32(47)44-16-9-10-27(44)20-42(17-15-24-11-13-25(36)14-12-24)31(46)28-21-43-19-26(37)18-38-33(43)39-28/h11-14,18-19,21-23,27,29H,8-10,15-17,20H2,1-7H3,(H,40,45)/t22-,23+,27-,29-/m0/s1. The second-order valence-electron chi connectivity index (χ2n) is 13.5. The van der Waals surface area contributed by atoms with Gasteiger partial charge in [0.2, 0.25) is 17.6 Å². The van der Waals surface area contributed by atoms with Crippen LogP contribution in [0.4, 0.5) is 13.6 Å². The number of likely N-dealkylation sites (N-methyl/N-ethyl adjacent to an activating group) is 1. The van der Waals surface area contributed by atoms with E-state index in [1.165, 1.54) is 40.9 Å². The minimum atomic E-state index is -1.08. The van der Waals surface area contributed by atoms with Gasteiger partial charge in [0.25, 0.3) is 5.91 Å². The van der Waals surface area contributed by atoms with Crippen molar-refractivity contribution in [3.63, 3.8) is 0 Å². The highest BCUT2D eigenvalue weighted by Crippen LogP contribution is 2.23. The summed E-state index contributed by atoms with van der Waals surface area (Å²) in [5.74, 6) is -2.19. The van der Waals surface area contributed by atoms with Crippen LogP contribution in [0.15, 0.2) is 42.9 Å². The van der Waals surface area contributed by atoms with Gasteiger partial charge in [-0.3, -0.25) is 23.7 Å². The highest BCUT2D eigenvalue weighted by molar-refractivity contribution is 5.93. The lowest BCUT2D eigenvalue weighted by molar-refractivity contribution is -0.142. The third kappa shape index (κ3) is 9.73. The van der Waals surface area contributed by atoms with Gasteiger partial charge in [-0.05, 0) is 78.5 Å². The molecule has 0 radical (unpaired) electrons. The van der Waals surface area contributed by atoms with Gasteiger partial charge in [-0.15, -0.1) is 0 Å². The fourth-order valence-corrected chi connectivity index (χ4v) is 5.75. The second kappa shape index (κ2) is 16.4. The molecule has 4 amide bonds. The van der Waals surface area contributed by atoms with Gasteiger partial charge >= 0.3 is 6.09 Å². The van der Waals surface area contributed by atoms with Gasteiger partial charge in [0.15, 0.2) is 5.82 Å². The first-order chi connectivity index (χ1) is 23.6. The lowest BCUT2D eigenvalue weighted by Crippen LogP contribution is -2.59. The maximum absolute atomic E-state index is 14.2. The molecule has 1 aliphatic heterocycles. The molecule has 4 rings (SSSR count). The third-order valence-electron chi connectivity index (χ3n) is 8.56. The predicted molar refractivity (Wildman–Crippen MR) is 180 cm³/mol. The number of hydrogen-bond acceptors (Lipinski definition) is 8. The Bertz CT molecular complexity index is 1660. The molecule has 15 heteroatoms. The molecule has 0 spiro atoms. The number of rotatable bonds is 13. The van der Waals surface area contributed by atoms with Crippen LogP contribution in [0.1, 0.15) is 70.4 Å². The van der Waals surface area contributed by atoms with Crippen LogP contribution < -0.4 is 5.32 Å². The Kier molecular flexibility index (Phi) is 12.5. The van der Waals surface area contributed by atoms with E-state index in [1.54, 1.807) is 63.5 Å². The molecular weight excluding hydrogens is 652 g/mol. The molecule has 1 aromatic carbocycles. The van der Waals surface area contributed by atoms with E-state index in [1.807, 2.05) is 0 Å². The Balaban J connectivity index is 1.55. The lowest BCUT2D eigenvalue weighted by atomic mass is 10.1. The van der Waals surface area contributed by atoms with E-state index in [2.05, 4.69) is 15.3 Å². The fraction of sp³-hybridized carbons (Fsp3) is 0.543. The number of halogens is 2. The van der Waals surface area contributed by atoms with E-state index in [4.69, 9.17) is 9.47 Å². The van der Waals surface area contributed by atoms with Crippen molar-refractivity contribution in [2.45, 2.75) is 90.6 Å². The number of imidazole rings is 1. The largest absolute Gasteiger partial charge is 0.444 e. The average molecular weight is 700 g/mol. The Hall–Kier alpha value is -4.66. The van der Waals surface area contributed by atoms with Crippen LogP contribution in [-0.2, 0) is 25.5 Å². The zero-order valence-corrected chi connectivity index (χ0v) is 29.7. The van der Waals surface area contributed by atoms with Crippen molar-refractivity contribution < 1.29 is 37.4 Å². The van der Waals surface area contributed by atoms with E-state index >= 15 is 0 Å². The van der Waals surface area contributed by atoms with E-state index in [0.29, 0.717) is 32.4 Å². The normalized spacial score (nSPS) is 16.5. The first-order valence-electron chi connectivity index (χ1n) is 16.8. The summed E-state index contributed by atoms with van der Waals surface area (Å²) in [6.45, 7) is 11.2. The van der Waals surface area contributed by atoms with E-state index < -0.39 is 53.6 Å². The molecule has 0 unspecified atom stereocenters. The summed E-state index contributed by atoms with van der Waals surface area (Å²) in [6.07, 6.45) is 3.85. The van der Waals surface area contributed by atoms with Gasteiger partial charge in [-0.2, -0.15) is 0 Å². The van der Waals surface area contributed by atoms with E-state index in [-0.39, 0.29) is 36.3 Å². The monoisotopic (exact) mass is 699 g/mol. The van der Waals surface area contributed by atoms with Crippen molar-refractivity contribution >= 4 is 29.6 Å². The molecule has 1 fully saturated rings. The summed E-state index contributed by atoms with van der Waals surface area (Å²) in [5.41, 5.74) is 0.0974. The molecule has 2 aromatic heterocycles. The number of hydrogen-bond donors (Lipinski definition) is 1. The van der Waals surface area contributed by atoms with Crippen molar-refractivity contribution in [1.29, 1.82) is 0 Å². The van der Waals surface area contributed by atoms with Crippen molar-refractivity contribution in [2.24, 2.45) is 0 Å². The summed E-state index contributed by atoms with van der Waals surface area (Å²) in [7, 11) is 1.45.